The number of hydrogen-bond donors (Lipinski definition) is 2. The van der Waals surface area contributed by atoms with Gasteiger partial charge in [0.1, 0.15) is 6.26 Å². The van der Waals surface area contributed by atoms with Crippen LogP contribution in [0.4, 0.5) is 0 Å². The van der Waals surface area contributed by atoms with Gasteiger partial charge in [0.15, 0.2) is 0 Å². The number of aliphatic hydroxyl groups excluding tert-OH is 1. The SMILES string of the molecule is CC(NC(=O)Cc1ccon1)C(O)c1ccc(Cl)cc1. The third-order valence-electron chi connectivity index (χ3n) is 2.91. The molecule has 1 amide bonds. The number of nitrogens with zero attached hydrogens (tertiary/aromatic N) is 1. The maximum absolute atomic E-state index is 11.8. The van der Waals surface area contributed by atoms with Gasteiger partial charge in [0.2, 0.25) is 5.91 Å². The molecule has 0 aliphatic rings. The third kappa shape index (κ3) is 3.82. The Morgan fingerprint density at radius 2 is 2.10 bits per heavy atom. The molecule has 1 heterocycles. The minimum atomic E-state index is -0.798. The third-order valence-corrected chi connectivity index (χ3v) is 3.16. The van der Waals surface area contributed by atoms with Crippen LogP contribution in [0.25, 0.3) is 0 Å². The number of hydrogen-bond acceptors (Lipinski definition) is 4. The van der Waals surface area contributed by atoms with Crippen LogP contribution in [0.1, 0.15) is 24.3 Å². The fraction of sp³-hybridized carbons (Fsp3) is 0.286. The summed E-state index contributed by atoms with van der Waals surface area (Å²) in [7, 11) is 0. The second-order valence-corrected chi connectivity index (χ2v) is 4.96. The Balaban J connectivity index is 1.91. The van der Waals surface area contributed by atoms with E-state index in [1.54, 1.807) is 37.3 Å². The molecule has 2 unspecified atom stereocenters. The lowest BCUT2D eigenvalue weighted by Gasteiger charge is -2.20. The Kier molecular flexibility index (Phi) is 4.76. The summed E-state index contributed by atoms with van der Waals surface area (Å²) in [5, 5.41) is 17.2. The summed E-state index contributed by atoms with van der Waals surface area (Å²) in [5.74, 6) is -0.223. The summed E-state index contributed by atoms with van der Waals surface area (Å²) in [6.07, 6.45) is 0.733. The van der Waals surface area contributed by atoms with E-state index in [9.17, 15) is 9.90 Å². The molecule has 0 bridgehead atoms. The lowest BCUT2D eigenvalue weighted by Crippen LogP contribution is -2.38. The van der Waals surface area contributed by atoms with Crippen LogP contribution in [0.3, 0.4) is 0 Å². The Bertz CT molecular complexity index is 554. The monoisotopic (exact) mass is 294 g/mol. The molecule has 5 nitrogen and oxygen atoms in total. The van der Waals surface area contributed by atoms with E-state index in [0.29, 0.717) is 16.3 Å². The summed E-state index contributed by atoms with van der Waals surface area (Å²) in [6.45, 7) is 1.74. The number of nitrogens with one attached hydrogen (secondary N) is 1. The fourth-order valence-corrected chi connectivity index (χ4v) is 1.95. The largest absolute Gasteiger partial charge is 0.386 e. The van der Waals surface area contributed by atoms with E-state index >= 15 is 0 Å². The van der Waals surface area contributed by atoms with Crippen molar-refractivity contribution in [1.82, 2.24) is 10.5 Å². The van der Waals surface area contributed by atoms with E-state index in [1.165, 1.54) is 6.26 Å². The van der Waals surface area contributed by atoms with Crippen LogP contribution in [0.2, 0.25) is 5.02 Å². The Hall–Kier alpha value is -1.85. The van der Waals surface area contributed by atoms with Gasteiger partial charge >= 0.3 is 0 Å². The zero-order valence-corrected chi connectivity index (χ0v) is 11.7. The molecule has 0 aliphatic heterocycles. The van der Waals surface area contributed by atoms with Crippen molar-refractivity contribution in [3.63, 3.8) is 0 Å². The highest BCUT2D eigenvalue weighted by molar-refractivity contribution is 6.30. The molecular weight excluding hydrogens is 280 g/mol. The Morgan fingerprint density at radius 3 is 2.70 bits per heavy atom. The van der Waals surface area contributed by atoms with Gasteiger partial charge in [-0.2, -0.15) is 0 Å². The molecule has 0 saturated heterocycles. The van der Waals surface area contributed by atoms with Gasteiger partial charge in [-0.1, -0.05) is 28.9 Å². The quantitative estimate of drug-likeness (QED) is 0.885. The van der Waals surface area contributed by atoms with E-state index in [2.05, 4.69) is 15.0 Å². The predicted octanol–water partition coefficient (Wildman–Crippen LogP) is 2.11. The van der Waals surface area contributed by atoms with Crippen molar-refractivity contribution in [3.05, 3.63) is 52.9 Å². The number of carbonyl (C=O) groups is 1. The van der Waals surface area contributed by atoms with Crippen LogP contribution in [0, 0.1) is 0 Å². The van der Waals surface area contributed by atoms with Crippen molar-refractivity contribution in [2.45, 2.75) is 25.5 Å². The molecular formula is C14H15ClN2O3. The molecule has 1 aromatic carbocycles. The van der Waals surface area contributed by atoms with Crippen LogP contribution in [-0.2, 0) is 11.2 Å². The van der Waals surface area contributed by atoms with E-state index in [4.69, 9.17) is 11.6 Å². The minimum absolute atomic E-state index is 0.119. The number of aromatic nitrogens is 1. The highest BCUT2D eigenvalue weighted by Gasteiger charge is 2.18. The zero-order valence-electron chi connectivity index (χ0n) is 10.9. The summed E-state index contributed by atoms with van der Waals surface area (Å²) in [5.41, 5.74) is 1.25. The average molecular weight is 295 g/mol. The van der Waals surface area contributed by atoms with E-state index in [0.717, 1.165) is 0 Å². The average Bonchev–Trinajstić information content (AvgIpc) is 2.91. The summed E-state index contributed by atoms with van der Waals surface area (Å²) >= 11 is 5.79. The van der Waals surface area contributed by atoms with Gasteiger partial charge in [0.25, 0.3) is 0 Å². The number of rotatable bonds is 5. The molecule has 2 N–H and O–H groups in total. The van der Waals surface area contributed by atoms with E-state index in [1.807, 2.05) is 0 Å². The smallest absolute Gasteiger partial charge is 0.226 e. The number of benzene rings is 1. The van der Waals surface area contributed by atoms with E-state index in [-0.39, 0.29) is 12.3 Å². The number of aliphatic hydroxyl groups is 1. The highest BCUT2D eigenvalue weighted by Crippen LogP contribution is 2.19. The topological polar surface area (TPSA) is 75.4 Å². The van der Waals surface area contributed by atoms with Gasteiger partial charge in [-0.05, 0) is 24.6 Å². The van der Waals surface area contributed by atoms with Gasteiger partial charge in [0, 0.05) is 11.1 Å². The number of carbonyl (C=O) groups excluding carboxylic acids is 1. The summed E-state index contributed by atoms with van der Waals surface area (Å²) in [4.78, 5) is 11.8. The van der Waals surface area contributed by atoms with Gasteiger partial charge in [-0.25, -0.2) is 0 Å². The Morgan fingerprint density at radius 1 is 1.40 bits per heavy atom. The van der Waals surface area contributed by atoms with Crippen LogP contribution in [-0.4, -0.2) is 22.2 Å². The number of halogens is 1. The van der Waals surface area contributed by atoms with Crippen LogP contribution in [0.5, 0.6) is 0 Å². The van der Waals surface area contributed by atoms with Crippen LogP contribution >= 0.6 is 11.6 Å². The second kappa shape index (κ2) is 6.54. The molecule has 1 aromatic heterocycles. The maximum Gasteiger partial charge on any atom is 0.226 e. The molecule has 0 spiro atoms. The van der Waals surface area contributed by atoms with Gasteiger partial charge in [0.05, 0.1) is 24.3 Å². The Labute approximate surface area is 121 Å². The van der Waals surface area contributed by atoms with Crippen LogP contribution in [0.15, 0.2) is 41.1 Å². The van der Waals surface area contributed by atoms with Crippen molar-refractivity contribution in [2.75, 3.05) is 0 Å². The first kappa shape index (κ1) is 14.6. The van der Waals surface area contributed by atoms with Crippen molar-refractivity contribution in [2.24, 2.45) is 0 Å². The van der Waals surface area contributed by atoms with Gasteiger partial charge < -0.3 is 14.9 Å². The first-order valence-electron chi connectivity index (χ1n) is 6.18. The highest BCUT2D eigenvalue weighted by atomic mass is 35.5. The molecule has 2 aromatic rings. The van der Waals surface area contributed by atoms with Crippen molar-refractivity contribution in [1.29, 1.82) is 0 Å². The molecule has 2 rings (SSSR count). The van der Waals surface area contributed by atoms with Crippen molar-refractivity contribution in [3.8, 4) is 0 Å². The minimum Gasteiger partial charge on any atom is -0.386 e. The molecule has 106 valence electrons. The first-order valence-corrected chi connectivity index (χ1v) is 6.56. The van der Waals surface area contributed by atoms with Crippen LogP contribution < -0.4 is 5.32 Å². The van der Waals surface area contributed by atoms with Crippen molar-refractivity contribution < 1.29 is 14.4 Å². The molecule has 0 saturated carbocycles. The fourth-order valence-electron chi connectivity index (χ4n) is 1.83. The normalized spacial score (nSPS) is 13.8. The van der Waals surface area contributed by atoms with Gasteiger partial charge in [-0.3, -0.25) is 4.79 Å². The lowest BCUT2D eigenvalue weighted by atomic mass is 10.0. The summed E-state index contributed by atoms with van der Waals surface area (Å²) in [6, 6.07) is 8.06. The molecule has 6 heteroatoms. The molecule has 20 heavy (non-hydrogen) atoms. The standard InChI is InChI=1S/C14H15ClN2O3/c1-9(14(19)10-2-4-11(15)5-3-10)16-13(18)8-12-6-7-20-17-12/h2-7,9,14,19H,8H2,1H3,(H,16,18). The summed E-state index contributed by atoms with van der Waals surface area (Å²) < 4.78 is 4.66. The van der Waals surface area contributed by atoms with Crippen molar-refractivity contribution >= 4 is 17.5 Å². The first-order chi connectivity index (χ1) is 9.56. The molecule has 0 aliphatic carbocycles. The molecule has 2 atom stereocenters. The maximum atomic E-state index is 11.8. The molecule has 0 fully saturated rings. The predicted molar refractivity (Wildman–Crippen MR) is 74.2 cm³/mol. The van der Waals surface area contributed by atoms with E-state index < -0.39 is 12.1 Å². The van der Waals surface area contributed by atoms with Gasteiger partial charge in [-0.15, -0.1) is 0 Å². The zero-order chi connectivity index (χ0) is 14.5. The number of amides is 1. The molecule has 0 radical (unpaired) electrons. The lowest BCUT2D eigenvalue weighted by molar-refractivity contribution is -0.121. The second-order valence-electron chi connectivity index (χ2n) is 4.52.